The molecule has 1 fully saturated rings. The van der Waals surface area contributed by atoms with Crippen molar-refractivity contribution in [3.63, 3.8) is 0 Å². The molecule has 0 saturated carbocycles. The van der Waals surface area contributed by atoms with Crippen LogP contribution in [0.2, 0.25) is 0 Å². The van der Waals surface area contributed by atoms with Crippen LogP contribution in [0.1, 0.15) is 6.23 Å². The Kier molecular flexibility index (Phi) is 15.1. The van der Waals surface area contributed by atoms with Crippen LogP contribution >= 0.6 is 15.6 Å². The molecule has 1 unspecified atom stereocenters. The second-order valence-electron chi connectivity index (χ2n) is 5.44. The normalized spacial score (nSPS) is 24.8. The second kappa shape index (κ2) is 13.5. The fourth-order valence-electron chi connectivity index (χ4n) is 2.47. The minimum atomic E-state index is -5.30. The first-order chi connectivity index (χ1) is 12.5. The number of fused-ring (bicyclic) bond motifs is 1. The van der Waals surface area contributed by atoms with E-state index in [4.69, 9.17) is 14.5 Å². The van der Waals surface area contributed by atoms with Gasteiger partial charge in [-0.15, -0.1) is 0 Å². The molecule has 0 bridgehead atoms. The molecule has 5 atom stereocenters. The summed E-state index contributed by atoms with van der Waals surface area (Å²) in [6.45, 7) is -0.844. The number of hydrogen-bond acceptors (Lipinski definition) is 10. The minimum absolute atomic E-state index is 0. The van der Waals surface area contributed by atoms with Gasteiger partial charge < -0.3 is 40.1 Å². The van der Waals surface area contributed by atoms with Gasteiger partial charge in [-0.2, -0.15) is 4.31 Å². The van der Waals surface area contributed by atoms with Crippen molar-refractivity contribution < 1.29 is 53.1 Å². The Morgan fingerprint density at radius 3 is 2.32 bits per heavy atom. The summed E-state index contributed by atoms with van der Waals surface area (Å²) in [5.74, 6) is 0. The van der Waals surface area contributed by atoms with Crippen molar-refractivity contribution >= 4 is 115 Å². The smallest absolute Gasteiger partial charge is 0.412 e. The Morgan fingerprint density at radius 2 is 1.74 bits per heavy atom. The van der Waals surface area contributed by atoms with Crippen LogP contribution in [0.25, 0.3) is 11.2 Å². The molecule has 2 aromatic rings. The van der Waals surface area contributed by atoms with Gasteiger partial charge in [-0.3, -0.25) is 13.9 Å². The average molecular weight is 515 g/mol. The van der Waals surface area contributed by atoms with Gasteiger partial charge in [-0.1, -0.05) is 0 Å². The van der Waals surface area contributed by atoms with E-state index in [2.05, 4.69) is 23.8 Å². The zero-order valence-corrected chi connectivity index (χ0v) is 24.4. The summed E-state index contributed by atoms with van der Waals surface area (Å²) < 4.78 is 36.6. The second-order valence-corrected chi connectivity index (χ2v) is 8.27. The quantitative estimate of drug-likeness (QED) is 0.159. The molecule has 2 aromatic heterocycles. The zero-order chi connectivity index (χ0) is 20.0. The molecule has 1 saturated heterocycles. The van der Waals surface area contributed by atoms with E-state index in [-0.39, 0.29) is 105 Å². The standard InChI is InChI=1S/C10H14N4O11P2.3Na.H2O/c15-6-4(1-23-27(21,22)25-26(18,19)20)24-10(7(6)16)14-3-13-5-8(14)11-2-12-9(5)17;;;;/h2-4,6-7,10,15-16H,1H2,(H,21,22)(H,11,12,17)(H2,18,19,20);;;;1H2/t4-,6-,7-,10-;;;;/m1..../s1. The summed E-state index contributed by atoms with van der Waals surface area (Å²) >= 11 is 0. The van der Waals surface area contributed by atoms with Crippen molar-refractivity contribution in [2.45, 2.75) is 24.5 Å². The third kappa shape index (κ3) is 8.56. The van der Waals surface area contributed by atoms with Crippen molar-refractivity contribution in [2.24, 2.45) is 0 Å². The maximum Gasteiger partial charge on any atom is 0.481 e. The average Bonchev–Trinajstić information content (AvgIpc) is 3.07. The number of ether oxygens (including phenoxy) is 1. The number of hydrogen-bond donors (Lipinski definition) is 6. The molecule has 1 aliphatic heterocycles. The Labute approximate surface area is 239 Å². The first-order valence-electron chi connectivity index (χ1n) is 7.14. The Balaban J connectivity index is 0. The van der Waals surface area contributed by atoms with Gasteiger partial charge in [-0.25, -0.2) is 19.1 Å². The Hall–Kier alpha value is 1.45. The van der Waals surface area contributed by atoms with Crippen LogP contribution in [0.3, 0.4) is 0 Å². The van der Waals surface area contributed by atoms with Crippen molar-refractivity contribution in [1.29, 1.82) is 0 Å². The molecular weight excluding hydrogens is 499 g/mol. The van der Waals surface area contributed by atoms with Gasteiger partial charge in [0.1, 0.15) is 18.3 Å². The van der Waals surface area contributed by atoms with Crippen molar-refractivity contribution in [3.05, 3.63) is 23.0 Å². The van der Waals surface area contributed by atoms with Crippen molar-refractivity contribution in [3.8, 4) is 0 Å². The molecular formula is C10H16N4Na3O12P2. The van der Waals surface area contributed by atoms with Crippen LogP contribution < -0.4 is 5.56 Å². The molecule has 8 N–H and O–H groups in total. The number of aromatic amines is 1. The van der Waals surface area contributed by atoms with Crippen LogP contribution in [0, 0.1) is 0 Å². The molecule has 0 spiro atoms. The Bertz CT molecular complexity index is 1000. The van der Waals surface area contributed by atoms with Gasteiger partial charge in [0.2, 0.25) is 0 Å². The summed E-state index contributed by atoms with van der Waals surface area (Å²) in [5, 5.41) is 20.2. The van der Waals surface area contributed by atoms with E-state index >= 15 is 0 Å². The predicted octanol–water partition coefficient (Wildman–Crippen LogP) is -4.00. The topological polar surface area (TPSA) is 258 Å². The number of rotatable bonds is 6. The summed E-state index contributed by atoms with van der Waals surface area (Å²) in [5.41, 5.74) is -0.533. The molecule has 0 aliphatic carbocycles. The number of nitrogens with one attached hydrogen (secondary N) is 1. The fraction of sp³-hybridized carbons (Fsp3) is 0.500. The SMILES string of the molecule is O.O=c1[nH]cnc2c1ncn2[C@@H]1O[C@H](COP(=O)(O)OP(=O)(O)O)[C@@H](O)[C@H]1O.[Na].[Na].[Na]. The fourth-order valence-corrected chi connectivity index (χ4v) is 4.07. The molecule has 3 rings (SSSR count). The number of aliphatic hydroxyl groups is 2. The maximum atomic E-state index is 11.7. The van der Waals surface area contributed by atoms with Crippen LogP contribution in [0.15, 0.2) is 17.4 Å². The molecule has 0 aromatic carbocycles. The molecule has 31 heavy (non-hydrogen) atoms. The number of aliphatic hydroxyl groups excluding tert-OH is 2. The molecule has 161 valence electrons. The first kappa shape index (κ1) is 34.6. The molecule has 3 heterocycles. The molecule has 21 heteroatoms. The number of nitrogens with zero attached hydrogens (tertiary/aromatic N) is 3. The van der Waals surface area contributed by atoms with Gasteiger partial charge in [0.15, 0.2) is 17.4 Å². The number of imidazole rings is 1. The molecule has 3 radical (unpaired) electrons. The number of phosphoric ester groups is 1. The molecule has 1 aliphatic rings. The largest absolute Gasteiger partial charge is 0.481 e. The van der Waals surface area contributed by atoms with Gasteiger partial charge in [0.05, 0.1) is 19.3 Å². The summed E-state index contributed by atoms with van der Waals surface area (Å²) in [4.78, 5) is 48.0. The van der Waals surface area contributed by atoms with Gasteiger partial charge >= 0.3 is 15.6 Å². The number of phosphoric acid groups is 2. The monoisotopic (exact) mass is 515 g/mol. The number of H-pyrrole nitrogens is 1. The van der Waals surface area contributed by atoms with Crippen LogP contribution in [-0.4, -0.2) is 163 Å². The van der Waals surface area contributed by atoms with E-state index in [1.165, 1.54) is 4.57 Å². The minimum Gasteiger partial charge on any atom is -0.412 e. The summed E-state index contributed by atoms with van der Waals surface area (Å²) in [6.07, 6.45) is -3.56. The van der Waals surface area contributed by atoms with Crippen LogP contribution in [0.5, 0.6) is 0 Å². The van der Waals surface area contributed by atoms with Gasteiger partial charge in [0, 0.05) is 88.7 Å². The summed E-state index contributed by atoms with van der Waals surface area (Å²) in [7, 11) is -10.5. The third-order valence-electron chi connectivity index (χ3n) is 3.59. The zero-order valence-electron chi connectivity index (χ0n) is 16.6. The van der Waals surface area contributed by atoms with E-state index in [0.717, 1.165) is 12.7 Å². The van der Waals surface area contributed by atoms with Gasteiger partial charge in [0.25, 0.3) is 5.56 Å². The van der Waals surface area contributed by atoms with E-state index < -0.39 is 52.4 Å². The van der Waals surface area contributed by atoms with E-state index in [1.54, 1.807) is 0 Å². The third-order valence-corrected chi connectivity index (χ3v) is 5.74. The van der Waals surface area contributed by atoms with Crippen molar-refractivity contribution in [2.75, 3.05) is 6.61 Å². The maximum absolute atomic E-state index is 11.7. The predicted molar refractivity (Wildman–Crippen MR) is 104 cm³/mol. The van der Waals surface area contributed by atoms with E-state index in [0.29, 0.717) is 0 Å². The molecule has 0 amide bonds. The number of aromatic nitrogens is 4. The van der Waals surface area contributed by atoms with Crippen LogP contribution in [0.4, 0.5) is 0 Å². The first-order valence-corrected chi connectivity index (χ1v) is 10.2. The van der Waals surface area contributed by atoms with E-state index in [1.807, 2.05) is 0 Å². The van der Waals surface area contributed by atoms with E-state index in [9.17, 15) is 29.0 Å². The molecule has 16 nitrogen and oxygen atoms in total. The van der Waals surface area contributed by atoms with Crippen LogP contribution in [-0.2, 0) is 22.7 Å². The Morgan fingerprint density at radius 1 is 1.13 bits per heavy atom. The summed E-state index contributed by atoms with van der Waals surface area (Å²) in [6, 6.07) is 0. The van der Waals surface area contributed by atoms with Crippen molar-refractivity contribution in [1.82, 2.24) is 19.5 Å². The van der Waals surface area contributed by atoms with Gasteiger partial charge in [-0.05, 0) is 0 Å².